The van der Waals surface area contributed by atoms with E-state index in [1.165, 1.54) is 5.56 Å². The van der Waals surface area contributed by atoms with Crippen LogP contribution in [0.1, 0.15) is 5.56 Å². The van der Waals surface area contributed by atoms with Crippen molar-refractivity contribution in [2.24, 2.45) is 0 Å². The van der Waals surface area contributed by atoms with Crippen molar-refractivity contribution < 1.29 is 0 Å². The first-order valence-corrected chi connectivity index (χ1v) is 3.65. The third-order valence-corrected chi connectivity index (χ3v) is 1.68. The minimum Gasteiger partial charge on any atom is -0.361 e. The molecule has 1 aromatic carbocycles. The predicted molar refractivity (Wildman–Crippen MR) is 58.2 cm³/mol. The highest BCUT2D eigenvalue weighted by atomic mass is 14.8. The molecule has 1 aliphatic heterocycles. The lowest BCUT2D eigenvalue weighted by Gasteiger charge is -2.01. The van der Waals surface area contributed by atoms with Crippen LogP contribution in [0.25, 0.3) is 6.08 Å². The molecular formula is C10H12BN. The van der Waals surface area contributed by atoms with Crippen molar-refractivity contribution in [3.05, 3.63) is 48.2 Å². The van der Waals surface area contributed by atoms with Crippen molar-refractivity contribution in [3.63, 3.8) is 0 Å². The van der Waals surface area contributed by atoms with E-state index in [2.05, 4.69) is 23.5 Å². The molecule has 0 bridgehead atoms. The van der Waals surface area contributed by atoms with Crippen molar-refractivity contribution >= 4 is 20.2 Å². The molecule has 0 aromatic heterocycles. The Morgan fingerprint density at radius 3 is 2.75 bits per heavy atom. The van der Waals surface area contributed by atoms with Gasteiger partial charge in [0.1, 0.15) is 0 Å². The molecule has 1 aliphatic rings. The van der Waals surface area contributed by atoms with Crippen molar-refractivity contribution in [3.8, 4) is 0 Å². The molecule has 2 rings (SSSR count). The molecule has 0 fully saturated rings. The lowest BCUT2D eigenvalue weighted by atomic mass is 10.2. The first-order valence-electron chi connectivity index (χ1n) is 3.65. The molecule has 12 heavy (non-hydrogen) atoms. The zero-order chi connectivity index (χ0) is 7.52. The molecule has 0 atom stereocenters. The van der Waals surface area contributed by atoms with Crippen LogP contribution in [0.3, 0.4) is 0 Å². The monoisotopic (exact) mass is 157 g/mol. The summed E-state index contributed by atoms with van der Waals surface area (Å²) < 4.78 is 0. The SMILES string of the molecule is B.C1=CNc2ccccc2C=C1. The van der Waals surface area contributed by atoms with Crippen molar-refractivity contribution in [2.75, 3.05) is 5.32 Å². The topological polar surface area (TPSA) is 12.0 Å². The standard InChI is InChI=1S/C10H9N.BH3/c1-2-7-10-9(5-1)6-3-4-8-11-10;/h1-8,11H;1H3. The largest absolute Gasteiger partial charge is 0.361 e. The van der Waals surface area contributed by atoms with Gasteiger partial charge in [-0.15, -0.1) is 0 Å². The van der Waals surface area contributed by atoms with Crippen molar-refractivity contribution in [1.29, 1.82) is 0 Å². The zero-order valence-electron chi connectivity index (χ0n) is 6.12. The van der Waals surface area contributed by atoms with Gasteiger partial charge in [0.25, 0.3) is 0 Å². The molecular weight excluding hydrogens is 145 g/mol. The molecule has 0 amide bonds. The summed E-state index contributed by atoms with van der Waals surface area (Å²) in [5, 5.41) is 3.18. The quantitative estimate of drug-likeness (QED) is 0.562. The predicted octanol–water partition coefficient (Wildman–Crippen LogP) is 1.46. The first kappa shape index (κ1) is 8.66. The zero-order valence-corrected chi connectivity index (χ0v) is 6.12. The highest BCUT2D eigenvalue weighted by Gasteiger charge is 1.95. The van der Waals surface area contributed by atoms with Crippen LogP contribution in [0, 0.1) is 0 Å². The number of benzene rings is 1. The second-order valence-corrected chi connectivity index (χ2v) is 2.45. The van der Waals surface area contributed by atoms with Crippen LogP contribution < -0.4 is 5.32 Å². The molecule has 0 unspecified atom stereocenters. The van der Waals surface area contributed by atoms with E-state index in [-0.39, 0.29) is 8.41 Å². The summed E-state index contributed by atoms with van der Waals surface area (Å²) in [6.45, 7) is 0. The fraction of sp³-hybridized carbons (Fsp3) is 0. The maximum absolute atomic E-state index is 3.18. The van der Waals surface area contributed by atoms with Gasteiger partial charge in [-0.25, -0.2) is 0 Å². The molecule has 2 heteroatoms. The van der Waals surface area contributed by atoms with Gasteiger partial charge in [0.05, 0.1) is 8.41 Å². The molecule has 0 saturated heterocycles. The Morgan fingerprint density at radius 2 is 1.83 bits per heavy atom. The normalized spacial score (nSPS) is 12.3. The summed E-state index contributed by atoms with van der Waals surface area (Å²) in [4.78, 5) is 0. The van der Waals surface area contributed by atoms with Gasteiger partial charge in [-0.2, -0.15) is 0 Å². The Morgan fingerprint density at radius 1 is 1.00 bits per heavy atom. The summed E-state index contributed by atoms with van der Waals surface area (Å²) in [6, 6.07) is 8.22. The molecule has 0 radical (unpaired) electrons. The van der Waals surface area contributed by atoms with E-state index in [0.29, 0.717) is 0 Å². The Kier molecular flexibility index (Phi) is 2.75. The minimum atomic E-state index is 0. The summed E-state index contributed by atoms with van der Waals surface area (Å²) in [7, 11) is 0. The Balaban J connectivity index is 0.000000720. The van der Waals surface area contributed by atoms with Crippen LogP contribution in [-0.4, -0.2) is 8.41 Å². The third-order valence-electron chi connectivity index (χ3n) is 1.68. The van der Waals surface area contributed by atoms with Crippen LogP contribution in [0.5, 0.6) is 0 Å². The molecule has 1 aromatic rings. The number of fused-ring (bicyclic) bond motifs is 1. The number of hydrogen-bond donors (Lipinski definition) is 1. The number of hydrogen-bond acceptors (Lipinski definition) is 1. The van der Waals surface area contributed by atoms with Gasteiger partial charge in [0.15, 0.2) is 0 Å². The Hall–Kier alpha value is -1.44. The van der Waals surface area contributed by atoms with Crippen molar-refractivity contribution in [2.45, 2.75) is 0 Å². The van der Waals surface area contributed by atoms with E-state index in [1.807, 2.05) is 30.5 Å². The molecule has 1 N–H and O–H groups in total. The second-order valence-electron chi connectivity index (χ2n) is 2.45. The highest BCUT2D eigenvalue weighted by Crippen LogP contribution is 2.18. The van der Waals surface area contributed by atoms with Gasteiger partial charge >= 0.3 is 0 Å². The molecule has 1 heterocycles. The van der Waals surface area contributed by atoms with Crippen LogP contribution in [0.2, 0.25) is 0 Å². The highest BCUT2D eigenvalue weighted by molar-refractivity contribution is 5.75. The van der Waals surface area contributed by atoms with Crippen LogP contribution in [-0.2, 0) is 0 Å². The van der Waals surface area contributed by atoms with Gasteiger partial charge < -0.3 is 5.32 Å². The number of allylic oxidation sites excluding steroid dienone is 2. The lowest BCUT2D eigenvalue weighted by molar-refractivity contribution is 1.57. The molecule has 60 valence electrons. The summed E-state index contributed by atoms with van der Waals surface area (Å²) in [6.07, 6.45) is 8.03. The smallest absolute Gasteiger partial charge is 0.0814 e. The van der Waals surface area contributed by atoms with Gasteiger partial charge in [0, 0.05) is 11.9 Å². The molecule has 1 nitrogen and oxygen atoms in total. The van der Waals surface area contributed by atoms with Gasteiger partial charge in [-0.3, -0.25) is 0 Å². The fourth-order valence-corrected chi connectivity index (χ4v) is 1.13. The average Bonchev–Trinajstić information content (AvgIpc) is 2.28. The van der Waals surface area contributed by atoms with Gasteiger partial charge in [-0.05, 0) is 17.7 Å². The number of anilines is 1. The third kappa shape index (κ3) is 1.59. The van der Waals surface area contributed by atoms with E-state index in [0.717, 1.165) is 5.69 Å². The van der Waals surface area contributed by atoms with Gasteiger partial charge in [-0.1, -0.05) is 30.4 Å². The summed E-state index contributed by atoms with van der Waals surface area (Å²) in [5.41, 5.74) is 2.40. The van der Waals surface area contributed by atoms with Crippen LogP contribution in [0.15, 0.2) is 42.6 Å². The summed E-state index contributed by atoms with van der Waals surface area (Å²) in [5.74, 6) is 0. The number of rotatable bonds is 0. The Labute approximate surface area is 74.4 Å². The average molecular weight is 157 g/mol. The lowest BCUT2D eigenvalue weighted by Crippen LogP contribution is -1.87. The van der Waals surface area contributed by atoms with E-state index < -0.39 is 0 Å². The number of nitrogens with one attached hydrogen (secondary N) is 1. The van der Waals surface area contributed by atoms with Crippen molar-refractivity contribution in [1.82, 2.24) is 0 Å². The molecule has 0 spiro atoms. The maximum atomic E-state index is 3.18. The minimum absolute atomic E-state index is 0. The molecule has 0 saturated carbocycles. The van der Waals surface area contributed by atoms with Crippen LogP contribution in [0.4, 0.5) is 5.69 Å². The van der Waals surface area contributed by atoms with E-state index in [1.54, 1.807) is 0 Å². The van der Waals surface area contributed by atoms with Gasteiger partial charge in [0.2, 0.25) is 0 Å². The summed E-state index contributed by atoms with van der Waals surface area (Å²) >= 11 is 0. The maximum Gasteiger partial charge on any atom is 0.0814 e. The van der Waals surface area contributed by atoms with E-state index >= 15 is 0 Å². The number of para-hydroxylation sites is 1. The molecule has 0 aliphatic carbocycles. The first-order chi connectivity index (χ1) is 5.47. The Bertz CT molecular complexity index is 315. The van der Waals surface area contributed by atoms with E-state index in [9.17, 15) is 0 Å². The van der Waals surface area contributed by atoms with Crippen LogP contribution >= 0.6 is 0 Å². The second kappa shape index (κ2) is 3.81. The van der Waals surface area contributed by atoms with E-state index in [4.69, 9.17) is 0 Å². The fourth-order valence-electron chi connectivity index (χ4n) is 1.13.